The van der Waals surface area contributed by atoms with Gasteiger partial charge in [0.15, 0.2) is 5.78 Å². The van der Waals surface area contributed by atoms with Gasteiger partial charge < -0.3 is 15.2 Å². The first-order valence-electron chi connectivity index (χ1n) is 6.72. The summed E-state index contributed by atoms with van der Waals surface area (Å²) < 4.78 is 0. The van der Waals surface area contributed by atoms with Gasteiger partial charge in [0, 0.05) is 30.9 Å². The van der Waals surface area contributed by atoms with Gasteiger partial charge in [0.05, 0.1) is 0 Å². The molecule has 1 aromatic heterocycles. The Morgan fingerprint density at radius 2 is 1.89 bits per heavy atom. The first kappa shape index (κ1) is 13.8. The zero-order valence-corrected chi connectivity index (χ0v) is 11.8. The van der Waals surface area contributed by atoms with E-state index in [1.807, 2.05) is 18.7 Å². The average molecular weight is 263 g/mol. The van der Waals surface area contributed by atoms with Crippen LogP contribution in [0, 0.1) is 13.8 Å². The number of rotatable bonds is 2. The number of nitrogens with zero attached hydrogens (tertiary/aromatic N) is 1. The third kappa shape index (κ3) is 2.71. The lowest BCUT2D eigenvalue weighted by molar-refractivity contribution is 0.0760. The van der Waals surface area contributed by atoms with Crippen LogP contribution < -0.4 is 5.32 Å². The van der Waals surface area contributed by atoms with Crippen molar-refractivity contribution in [2.45, 2.75) is 27.2 Å². The highest BCUT2D eigenvalue weighted by Gasteiger charge is 2.24. The van der Waals surface area contributed by atoms with Gasteiger partial charge in [-0.15, -0.1) is 0 Å². The molecule has 0 atom stereocenters. The molecule has 2 N–H and O–H groups in total. The zero-order chi connectivity index (χ0) is 14.0. The predicted molar refractivity (Wildman–Crippen MR) is 73.7 cm³/mol. The van der Waals surface area contributed by atoms with Gasteiger partial charge in [-0.25, -0.2) is 0 Å². The smallest absolute Gasteiger partial charge is 0.270 e. The van der Waals surface area contributed by atoms with Crippen LogP contribution in [0.2, 0.25) is 0 Å². The monoisotopic (exact) mass is 263 g/mol. The second-order valence-corrected chi connectivity index (χ2v) is 5.08. The minimum absolute atomic E-state index is 0.00262. The summed E-state index contributed by atoms with van der Waals surface area (Å²) in [6.45, 7) is 8.46. The fraction of sp³-hybridized carbons (Fsp3) is 0.571. The van der Waals surface area contributed by atoms with Crippen molar-refractivity contribution in [2.24, 2.45) is 0 Å². The molecule has 0 spiro atoms. The molecule has 19 heavy (non-hydrogen) atoms. The van der Waals surface area contributed by atoms with E-state index in [1.54, 1.807) is 0 Å². The van der Waals surface area contributed by atoms with Gasteiger partial charge in [-0.3, -0.25) is 9.59 Å². The molecule has 1 fully saturated rings. The minimum atomic E-state index is -0.00296. The van der Waals surface area contributed by atoms with Crippen molar-refractivity contribution in [1.29, 1.82) is 0 Å². The van der Waals surface area contributed by atoms with E-state index in [4.69, 9.17) is 0 Å². The predicted octanol–water partition coefficient (Wildman–Crippen LogP) is 1.27. The number of hydrogen-bond acceptors (Lipinski definition) is 3. The first-order valence-corrected chi connectivity index (χ1v) is 6.72. The van der Waals surface area contributed by atoms with E-state index in [-0.39, 0.29) is 11.7 Å². The molecule has 1 saturated heterocycles. The molecule has 0 bridgehead atoms. The van der Waals surface area contributed by atoms with Crippen LogP contribution >= 0.6 is 0 Å². The van der Waals surface area contributed by atoms with Gasteiger partial charge in [0.2, 0.25) is 0 Å². The molecule has 5 heteroatoms. The molecule has 0 radical (unpaired) electrons. The van der Waals surface area contributed by atoms with E-state index in [0.29, 0.717) is 17.8 Å². The summed E-state index contributed by atoms with van der Waals surface area (Å²) in [6.07, 6.45) is 0.962. The van der Waals surface area contributed by atoms with Crippen LogP contribution in [0.5, 0.6) is 0 Å². The van der Waals surface area contributed by atoms with Gasteiger partial charge in [-0.1, -0.05) is 0 Å². The Hall–Kier alpha value is -1.62. The summed E-state index contributed by atoms with van der Waals surface area (Å²) in [5.41, 5.74) is 2.76. The van der Waals surface area contributed by atoms with E-state index in [0.717, 1.165) is 37.3 Å². The van der Waals surface area contributed by atoms with Crippen molar-refractivity contribution in [3.63, 3.8) is 0 Å². The van der Waals surface area contributed by atoms with E-state index in [9.17, 15) is 9.59 Å². The third-order valence-electron chi connectivity index (χ3n) is 3.63. The zero-order valence-electron chi connectivity index (χ0n) is 11.8. The van der Waals surface area contributed by atoms with E-state index < -0.39 is 0 Å². The third-order valence-corrected chi connectivity index (χ3v) is 3.63. The summed E-state index contributed by atoms with van der Waals surface area (Å²) >= 11 is 0. The molecule has 1 aromatic rings. The standard InChI is InChI=1S/C14H21N3O2/c1-9-12(11(3)18)10(2)16-13(9)14(19)17-7-4-5-15-6-8-17/h15-16H,4-8H2,1-3H3. The second-order valence-electron chi connectivity index (χ2n) is 5.08. The van der Waals surface area contributed by atoms with Gasteiger partial charge in [0.1, 0.15) is 5.69 Å². The van der Waals surface area contributed by atoms with E-state index in [1.165, 1.54) is 6.92 Å². The number of aromatic nitrogens is 1. The molecule has 104 valence electrons. The molecule has 1 amide bonds. The van der Waals surface area contributed by atoms with Crippen LogP contribution in [0.15, 0.2) is 0 Å². The molecule has 0 aliphatic carbocycles. The number of hydrogen-bond donors (Lipinski definition) is 2. The fourth-order valence-corrected chi connectivity index (χ4v) is 2.70. The Kier molecular flexibility index (Phi) is 4.04. The van der Waals surface area contributed by atoms with Crippen LogP contribution in [-0.4, -0.2) is 47.8 Å². The summed E-state index contributed by atoms with van der Waals surface area (Å²) in [4.78, 5) is 29.0. The van der Waals surface area contributed by atoms with Gasteiger partial charge in [-0.05, 0) is 39.3 Å². The van der Waals surface area contributed by atoms with Gasteiger partial charge in [0.25, 0.3) is 5.91 Å². The van der Waals surface area contributed by atoms with Crippen molar-refractivity contribution in [2.75, 3.05) is 26.2 Å². The number of aromatic amines is 1. The Morgan fingerprint density at radius 1 is 1.16 bits per heavy atom. The van der Waals surface area contributed by atoms with Crippen molar-refractivity contribution >= 4 is 11.7 Å². The number of ketones is 1. The lowest BCUT2D eigenvalue weighted by Crippen LogP contribution is -2.34. The topological polar surface area (TPSA) is 65.2 Å². The highest BCUT2D eigenvalue weighted by molar-refractivity contribution is 6.02. The van der Waals surface area contributed by atoms with Crippen LogP contribution in [0.1, 0.15) is 45.4 Å². The number of nitrogens with one attached hydrogen (secondary N) is 2. The van der Waals surface area contributed by atoms with Crippen molar-refractivity contribution in [1.82, 2.24) is 15.2 Å². The Bertz CT molecular complexity index is 497. The van der Waals surface area contributed by atoms with E-state index >= 15 is 0 Å². The normalized spacial score (nSPS) is 16.3. The maximum absolute atomic E-state index is 12.5. The molecular formula is C14H21N3O2. The van der Waals surface area contributed by atoms with Crippen molar-refractivity contribution in [3.8, 4) is 0 Å². The fourth-order valence-electron chi connectivity index (χ4n) is 2.70. The van der Waals surface area contributed by atoms with Crippen molar-refractivity contribution in [3.05, 3.63) is 22.5 Å². The molecule has 0 aromatic carbocycles. The Balaban J connectivity index is 2.28. The second kappa shape index (κ2) is 5.57. The van der Waals surface area contributed by atoms with Crippen LogP contribution in [0.3, 0.4) is 0 Å². The van der Waals surface area contributed by atoms with Gasteiger partial charge >= 0.3 is 0 Å². The molecule has 0 unspecified atom stereocenters. The SMILES string of the molecule is CC(=O)c1c(C)[nH]c(C(=O)N2CCCNCC2)c1C. The quantitative estimate of drug-likeness (QED) is 0.790. The van der Waals surface area contributed by atoms with Crippen LogP contribution in [0.25, 0.3) is 0 Å². The summed E-state index contributed by atoms with van der Waals surface area (Å²) in [7, 11) is 0. The summed E-state index contributed by atoms with van der Waals surface area (Å²) in [5, 5.41) is 3.27. The number of Topliss-reactive ketones (excluding diaryl/α,β-unsaturated/α-hetero) is 1. The largest absolute Gasteiger partial charge is 0.354 e. The first-order chi connectivity index (χ1) is 9.02. The molecule has 1 aliphatic heterocycles. The highest BCUT2D eigenvalue weighted by Crippen LogP contribution is 2.20. The molecule has 2 heterocycles. The maximum atomic E-state index is 12.5. The number of aryl methyl sites for hydroxylation is 1. The molecular weight excluding hydrogens is 242 g/mol. The van der Waals surface area contributed by atoms with Crippen molar-refractivity contribution < 1.29 is 9.59 Å². The number of carbonyl (C=O) groups is 2. The maximum Gasteiger partial charge on any atom is 0.270 e. The van der Waals surface area contributed by atoms with Crippen LogP contribution in [0.4, 0.5) is 0 Å². The molecule has 0 saturated carbocycles. The molecule has 2 rings (SSSR count). The lowest BCUT2D eigenvalue weighted by Gasteiger charge is -2.19. The number of amides is 1. The Morgan fingerprint density at radius 3 is 2.53 bits per heavy atom. The summed E-state index contributed by atoms with van der Waals surface area (Å²) in [6, 6.07) is 0. The van der Waals surface area contributed by atoms with Crippen LogP contribution in [-0.2, 0) is 0 Å². The number of H-pyrrole nitrogens is 1. The highest BCUT2D eigenvalue weighted by atomic mass is 16.2. The number of carbonyl (C=O) groups excluding carboxylic acids is 2. The van der Waals surface area contributed by atoms with E-state index in [2.05, 4.69) is 10.3 Å². The summed E-state index contributed by atoms with van der Waals surface area (Å²) in [5.74, 6) is -0.000340. The average Bonchev–Trinajstić information content (AvgIpc) is 2.57. The minimum Gasteiger partial charge on any atom is -0.354 e. The molecule has 5 nitrogen and oxygen atoms in total. The molecule has 1 aliphatic rings. The van der Waals surface area contributed by atoms with Gasteiger partial charge in [-0.2, -0.15) is 0 Å². The Labute approximate surface area is 113 Å². The lowest BCUT2D eigenvalue weighted by atomic mass is 10.1.